The summed E-state index contributed by atoms with van der Waals surface area (Å²) in [4.78, 5) is 0. The molecular weight excluding hydrogens is 218 g/mol. The largest absolute Gasteiger partial charge is 0.345 e. The van der Waals surface area contributed by atoms with Crippen LogP contribution >= 0.6 is 34.8 Å². The summed E-state index contributed by atoms with van der Waals surface area (Å²) in [5.74, 6) is 0. The third-order valence-electron chi connectivity index (χ3n) is 0.575. The first kappa shape index (κ1) is 10.6. The SMILES string of the molecule is FC(F)(Cl)C(Cl)C(F)(F)Cl. The molecule has 0 radical (unpaired) electrons. The Labute approximate surface area is 69.0 Å². The Morgan fingerprint density at radius 1 is 0.900 bits per heavy atom. The topological polar surface area (TPSA) is 0 Å². The fourth-order valence-electron chi connectivity index (χ4n) is 0.186. The van der Waals surface area contributed by atoms with Crippen molar-refractivity contribution in [3.8, 4) is 0 Å². The third-order valence-corrected chi connectivity index (χ3v) is 1.78. The van der Waals surface area contributed by atoms with E-state index < -0.39 is 16.1 Å². The monoisotopic (exact) mass is 218 g/mol. The van der Waals surface area contributed by atoms with Crippen molar-refractivity contribution in [3.63, 3.8) is 0 Å². The van der Waals surface area contributed by atoms with Crippen LogP contribution in [0.15, 0.2) is 0 Å². The molecule has 0 atom stereocenters. The fraction of sp³-hybridized carbons (Fsp3) is 1.00. The maximum atomic E-state index is 11.7. The van der Waals surface area contributed by atoms with Crippen LogP contribution in [0.1, 0.15) is 0 Å². The van der Waals surface area contributed by atoms with Crippen LogP contribution in [0.4, 0.5) is 17.6 Å². The van der Waals surface area contributed by atoms with Crippen LogP contribution < -0.4 is 0 Å². The lowest BCUT2D eigenvalue weighted by atomic mass is 10.4. The minimum atomic E-state index is -4.20. The summed E-state index contributed by atoms with van der Waals surface area (Å²) in [5, 5.41) is -11.3. The van der Waals surface area contributed by atoms with Crippen LogP contribution in [-0.4, -0.2) is 16.1 Å². The van der Waals surface area contributed by atoms with Crippen molar-refractivity contribution in [2.45, 2.75) is 16.1 Å². The zero-order chi connectivity index (χ0) is 8.58. The summed E-state index contributed by atoms with van der Waals surface area (Å²) in [5.41, 5.74) is 0. The Kier molecular flexibility index (Phi) is 3.08. The van der Waals surface area contributed by atoms with E-state index in [-0.39, 0.29) is 0 Å². The van der Waals surface area contributed by atoms with Crippen molar-refractivity contribution in [2.24, 2.45) is 0 Å². The first-order valence-corrected chi connectivity index (χ1v) is 3.12. The van der Waals surface area contributed by atoms with Gasteiger partial charge in [-0.05, 0) is 23.2 Å². The molecule has 0 aromatic rings. The number of rotatable bonds is 2. The zero-order valence-electron chi connectivity index (χ0n) is 4.22. The summed E-state index contributed by atoms with van der Waals surface area (Å²) in [6, 6.07) is 0. The van der Waals surface area contributed by atoms with Gasteiger partial charge in [0.15, 0.2) is 5.38 Å². The first-order valence-electron chi connectivity index (χ1n) is 1.93. The highest BCUT2D eigenvalue weighted by atomic mass is 35.5. The van der Waals surface area contributed by atoms with Gasteiger partial charge in [-0.1, -0.05) is 0 Å². The maximum absolute atomic E-state index is 11.7. The second-order valence-corrected chi connectivity index (χ2v) is 2.89. The van der Waals surface area contributed by atoms with Gasteiger partial charge in [0.25, 0.3) is 0 Å². The molecule has 0 unspecified atom stereocenters. The summed E-state index contributed by atoms with van der Waals surface area (Å²) >= 11 is 12.7. The van der Waals surface area contributed by atoms with Gasteiger partial charge in [-0.3, -0.25) is 0 Å². The predicted octanol–water partition coefficient (Wildman–Crippen LogP) is 3.26. The highest BCUT2D eigenvalue weighted by Crippen LogP contribution is 2.40. The number of halogens is 7. The Balaban J connectivity index is 4.23. The maximum Gasteiger partial charge on any atom is 0.345 e. The van der Waals surface area contributed by atoms with Gasteiger partial charge < -0.3 is 0 Å². The van der Waals surface area contributed by atoms with E-state index in [9.17, 15) is 17.6 Å². The van der Waals surface area contributed by atoms with Gasteiger partial charge in [0.05, 0.1) is 0 Å². The molecule has 0 fully saturated rings. The molecule has 10 heavy (non-hydrogen) atoms. The summed E-state index contributed by atoms with van der Waals surface area (Å²) in [6.07, 6.45) is 0. The van der Waals surface area contributed by atoms with Gasteiger partial charge in [0, 0.05) is 0 Å². The highest BCUT2D eigenvalue weighted by molar-refractivity contribution is 6.36. The van der Waals surface area contributed by atoms with Crippen molar-refractivity contribution in [3.05, 3.63) is 0 Å². The van der Waals surface area contributed by atoms with Crippen molar-refractivity contribution in [1.29, 1.82) is 0 Å². The Hall–Kier alpha value is 0.590. The second-order valence-electron chi connectivity index (χ2n) is 1.45. The van der Waals surface area contributed by atoms with Crippen LogP contribution in [-0.2, 0) is 0 Å². The predicted molar refractivity (Wildman–Crippen MR) is 31.2 cm³/mol. The standard InChI is InChI=1S/C3HCl3F4/c4-1(2(5,7)8)3(6,9)10/h1H. The highest BCUT2D eigenvalue weighted by Gasteiger charge is 2.51. The molecule has 0 nitrogen and oxygen atoms in total. The van der Waals surface area contributed by atoms with Crippen LogP contribution in [0, 0.1) is 0 Å². The average Bonchev–Trinajstić information content (AvgIpc) is 1.59. The van der Waals surface area contributed by atoms with Gasteiger partial charge in [-0.15, -0.1) is 11.6 Å². The van der Waals surface area contributed by atoms with E-state index in [4.69, 9.17) is 0 Å². The van der Waals surface area contributed by atoms with Crippen LogP contribution in [0.25, 0.3) is 0 Å². The van der Waals surface area contributed by atoms with Gasteiger partial charge in [0.2, 0.25) is 0 Å². The molecule has 0 aliphatic heterocycles. The lowest BCUT2D eigenvalue weighted by Gasteiger charge is -2.18. The quantitative estimate of drug-likeness (QED) is 0.494. The molecule has 62 valence electrons. The molecule has 0 amide bonds. The summed E-state index contributed by atoms with van der Waals surface area (Å²) in [6.45, 7) is 0. The number of hydrogen-bond acceptors (Lipinski definition) is 0. The second kappa shape index (κ2) is 2.91. The lowest BCUT2D eigenvalue weighted by molar-refractivity contribution is -0.00681. The molecule has 0 aromatic heterocycles. The van der Waals surface area contributed by atoms with E-state index in [1.165, 1.54) is 0 Å². The molecule has 0 spiro atoms. The normalized spacial score (nSPS) is 14.4. The molecule has 0 N–H and O–H groups in total. The number of hydrogen-bond donors (Lipinski definition) is 0. The zero-order valence-corrected chi connectivity index (χ0v) is 6.49. The van der Waals surface area contributed by atoms with E-state index in [1.54, 1.807) is 0 Å². The lowest BCUT2D eigenvalue weighted by Crippen LogP contribution is -2.35. The summed E-state index contributed by atoms with van der Waals surface area (Å²) in [7, 11) is 0. The Morgan fingerprint density at radius 3 is 1.10 bits per heavy atom. The van der Waals surface area contributed by atoms with E-state index >= 15 is 0 Å². The van der Waals surface area contributed by atoms with Crippen molar-refractivity contribution in [1.82, 2.24) is 0 Å². The van der Waals surface area contributed by atoms with Gasteiger partial charge >= 0.3 is 10.8 Å². The van der Waals surface area contributed by atoms with Crippen LogP contribution in [0.5, 0.6) is 0 Å². The molecule has 0 aromatic carbocycles. The average molecular weight is 219 g/mol. The Morgan fingerprint density at radius 2 is 1.10 bits per heavy atom. The minimum absolute atomic E-state index is 2.90. The van der Waals surface area contributed by atoms with Gasteiger partial charge in [-0.2, -0.15) is 17.6 Å². The molecular formula is C3HCl3F4. The van der Waals surface area contributed by atoms with Crippen LogP contribution in [0.2, 0.25) is 0 Å². The van der Waals surface area contributed by atoms with E-state index in [1.807, 2.05) is 0 Å². The summed E-state index contributed by atoms with van der Waals surface area (Å²) < 4.78 is 46.7. The smallest absolute Gasteiger partial charge is 0.186 e. The molecule has 0 saturated heterocycles. The first-order chi connectivity index (χ1) is 4.15. The molecule has 0 heterocycles. The third kappa shape index (κ3) is 3.12. The van der Waals surface area contributed by atoms with Crippen molar-refractivity contribution >= 4 is 34.8 Å². The molecule has 0 rings (SSSR count). The minimum Gasteiger partial charge on any atom is -0.186 e. The van der Waals surface area contributed by atoms with Gasteiger partial charge in [0.1, 0.15) is 0 Å². The molecule has 7 heteroatoms. The number of alkyl halides is 7. The Bertz CT molecular complexity index is 99.9. The van der Waals surface area contributed by atoms with Crippen LogP contribution in [0.3, 0.4) is 0 Å². The van der Waals surface area contributed by atoms with Crippen molar-refractivity contribution in [2.75, 3.05) is 0 Å². The molecule has 0 saturated carbocycles. The van der Waals surface area contributed by atoms with E-state index in [0.29, 0.717) is 0 Å². The molecule has 0 bridgehead atoms. The fourth-order valence-corrected chi connectivity index (χ4v) is 0.515. The van der Waals surface area contributed by atoms with E-state index in [2.05, 4.69) is 34.8 Å². The molecule has 0 aliphatic carbocycles. The van der Waals surface area contributed by atoms with E-state index in [0.717, 1.165) is 0 Å². The molecule has 0 aliphatic rings. The van der Waals surface area contributed by atoms with Crippen molar-refractivity contribution < 1.29 is 17.6 Å². The van der Waals surface area contributed by atoms with Gasteiger partial charge in [-0.25, -0.2) is 0 Å².